The van der Waals surface area contributed by atoms with Gasteiger partial charge in [0, 0.05) is 12.1 Å². The predicted octanol–water partition coefficient (Wildman–Crippen LogP) is 5.51. The number of carbonyl (C=O) groups excluding carboxylic acids is 1. The van der Waals surface area contributed by atoms with Crippen LogP contribution in [-0.4, -0.2) is 21.6 Å². The summed E-state index contributed by atoms with van der Waals surface area (Å²) in [5.41, 5.74) is 5.83. The lowest BCUT2D eigenvalue weighted by atomic mass is 10.1. The minimum Gasteiger partial charge on any atom is -0.325 e. The number of amides is 1. The van der Waals surface area contributed by atoms with E-state index in [0.29, 0.717) is 6.42 Å². The Labute approximate surface area is 180 Å². The zero-order valence-corrected chi connectivity index (χ0v) is 17.7. The van der Waals surface area contributed by atoms with Crippen LogP contribution in [0.4, 0.5) is 5.69 Å². The van der Waals surface area contributed by atoms with Crippen LogP contribution in [-0.2, 0) is 17.6 Å². The van der Waals surface area contributed by atoms with Crippen LogP contribution < -0.4 is 5.32 Å². The van der Waals surface area contributed by atoms with E-state index in [-0.39, 0.29) is 11.7 Å². The van der Waals surface area contributed by atoms with Gasteiger partial charge in [0.05, 0.1) is 22.5 Å². The first-order valence-corrected chi connectivity index (χ1v) is 11.0. The zero-order chi connectivity index (χ0) is 20.8. The molecule has 1 heterocycles. The zero-order valence-electron chi connectivity index (χ0n) is 16.8. The van der Waals surface area contributed by atoms with Crippen molar-refractivity contribution in [2.45, 2.75) is 24.8 Å². The lowest BCUT2D eigenvalue weighted by molar-refractivity contribution is -0.113. The lowest BCUT2D eigenvalue weighted by Gasteiger charge is -2.10. The monoisotopic (exact) mass is 413 g/mol. The molecule has 0 unspecified atom stereocenters. The molecule has 4 nitrogen and oxygen atoms in total. The molecule has 1 amide bonds. The van der Waals surface area contributed by atoms with Gasteiger partial charge in [-0.25, -0.2) is 9.97 Å². The van der Waals surface area contributed by atoms with E-state index in [9.17, 15) is 4.79 Å². The van der Waals surface area contributed by atoms with Gasteiger partial charge in [0.15, 0.2) is 0 Å². The van der Waals surface area contributed by atoms with Gasteiger partial charge in [0.1, 0.15) is 5.03 Å². The van der Waals surface area contributed by atoms with Crippen molar-refractivity contribution >= 4 is 34.4 Å². The average Bonchev–Trinajstić information content (AvgIpc) is 2.79. The summed E-state index contributed by atoms with van der Waals surface area (Å²) in [7, 11) is 0. The number of thioether (sulfide) groups is 1. The fourth-order valence-electron chi connectivity index (χ4n) is 3.20. The summed E-state index contributed by atoms with van der Waals surface area (Å²) < 4.78 is 0. The molecule has 0 aliphatic carbocycles. The Morgan fingerprint density at radius 3 is 2.20 bits per heavy atom. The van der Waals surface area contributed by atoms with Crippen LogP contribution in [0.1, 0.15) is 23.7 Å². The van der Waals surface area contributed by atoms with Gasteiger partial charge in [-0.15, -0.1) is 0 Å². The molecule has 0 aliphatic heterocycles. The van der Waals surface area contributed by atoms with Crippen LogP contribution in [0.5, 0.6) is 0 Å². The Bertz CT molecular complexity index is 1140. The van der Waals surface area contributed by atoms with Gasteiger partial charge in [-0.05, 0) is 41.8 Å². The first-order chi connectivity index (χ1) is 14.7. The highest BCUT2D eigenvalue weighted by Crippen LogP contribution is 2.25. The Morgan fingerprint density at radius 2 is 1.50 bits per heavy atom. The van der Waals surface area contributed by atoms with Gasteiger partial charge in [-0.1, -0.05) is 73.3 Å². The molecule has 0 radical (unpaired) electrons. The van der Waals surface area contributed by atoms with Crippen molar-refractivity contribution in [3.8, 4) is 0 Å². The molecule has 1 aromatic heterocycles. The Kier molecular flexibility index (Phi) is 6.40. The molecule has 4 aromatic rings. The van der Waals surface area contributed by atoms with Crippen molar-refractivity contribution in [3.05, 3.63) is 95.7 Å². The minimum absolute atomic E-state index is 0.0510. The van der Waals surface area contributed by atoms with Crippen LogP contribution in [0, 0.1) is 0 Å². The maximum atomic E-state index is 12.5. The number of nitrogens with one attached hydrogen (secondary N) is 1. The molecule has 3 aromatic carbocycles. The van der Waals surface area contributed by atoms with Crippen molar-refractivity contribution in [2.24, 2.45) is 0 Å². The predicted molar refractivity (Wildman–Crippen MR) is 124 cm³/mol. The number of fused-ring (bicyclic) bond motifs is 1. The molecule has 0 bridgehead atoms. The SMILES string of the molecule is CCc1ccc(NC(=O)CSc2nc3ccccc3nc2Cc2ccccc2)cc1. The first kappa shape index (κ1) is 20.1. The normalized spacial score (nSPS) is 10.8. The Hall–Kier alpha value is -3.18. The molecule has 0 aliphatic rings. The van der Waals surface area contributed by atoms with Crippen LogP contribution in [0.2, 0.25) is 0 Å². The van der Waals surface area contributed by atoms with E-state index in [1.54, 1.807) is 0 Å². The number of anilines is 1. The van der Waals surface area contributed by atoms with Crippen molar-refractivity contribution in [2.75, 3.05) is 11.1 Å². The average molecular weight is 414 g/mol. The molecule has 30 heavy (non-hydrogen) atoms. The van der Waals surface area contributed by atoms with Crippen LogP contribution in [0.15, 0.2) is 83.9 Å². The summed E-state index contributed by atoms with van der Waals surface area (Å²) in [6.07, 6.45) is 1.66. The summed E-state index contributed by atoms with van der Waals surface area (Å²) >= 11 is 1.43. The van der Waals surface area contributed by atoms with Crippen molar-refractivity contribution < 1.29 is 4.79 Å². The van der Waals surface area contributed by atoms with Gasteiger partial charge in [0.2, 0.25) is 5.91 Å². The number of aromatic nitrogens is 2. The third-order valence-electron chi connectivity index (χ3n) is 4.81. The summed E-state index contributed by atoms with van der Waals surface area (Å²) in [4.78, 5) is 22.1. The largest absolute Gasteiger partial charge is 0.325 e. The van der Waals surface area contributed by atoms with Crippen molar-refractivity contribution in [3.63, 3.8) is 0 Å². The third-order valence-corrected chi connectivity index (χ3v) is 5.81. The molecule has 0 atom stereocenters. The second kappa shape index (κ2) is 9.55. The van der Waals surface area contributed by atoms with E-state index < -0.39 is 0 Å². The maximum Gasteiger partial charge on any atom is 0.234 e. The van der Waals surface area contributed by atoms with E-state index in [1.807, 2.05) is 66.7 Å². The fraction of sp³-hybridized carbons (Fsp3) is 0.160. The number of carbonyl (C=O) groups is 1. The van der Waals surface area contributed by atoms with E-state index in [2.05, 4.69) is 24.4 Å². The van der Waals surface area contributed by atoms with E-state index in [4.69, 9.17) is 9.97 Å². The molecule has 1 N–H and O–H groups in total. The van der Waals surface area contributed by atoms with Crippen molar-refractivity contribution in [1.82, 2.24) is 9.97 Å². The molecule has 0 saturated carbocycles. The van der Waals surface area contributed by atoms with E-state index in [1.165, 1.54) is 22.9 Å². The number of hydrogen-bond donors (Lipinski definition) is 1. The Balaban J connectivity index is 1.51. The summed E-state index contributed by atoms with van der Waals surface area (Å²) in [5.74, 6) is 0.231. The fourth-order valence-corrected chi connectivity index (χ4v) is 3.98. The van der Waals surface area contributed by atoms with Crippen LogP contribution >= 0.6 is 11.8 Å². The second-order valence-electron chi connectivity index (χ2n) is 7.01. The molecule has 4 rings (SSSR count). The summed E-state index contributed by atoms with van der Waals surface area (Å²) in [6.45, 7) is 2.11. The number of benzene rings is 3. The molecule has 0 saturated heterocycles. The smallest absolute Gasteiger partial charge is 0.234 e. The van der Waals surface area contributed by atoms with Crippen molar-refractivity contribution in [1.29, 1.82) is 0 Å². The van der Waals surface area contributed by atoms with E-state index >= 15 is 0 Å². The number of rotatable bonds is 7. The number of hydrogen-bond acceptors (Lipinski definition) is 4. The van der Waals surface area contributed by atoms with E-state index in [0.717, 1.165) is 33.9 Å². The minimum atomic E-state index is -0.0510. The number of aryl methyl sites for hydroxylation is 1. The first-order valence-electron chi connectivity index (χ1n) is 10.0. The quantitative estimate of drug-likeness (QED) is 0.406. The molecule has 150 valence electrons. The summed E-state index contributed by atoms with van der Waals surface area (Å²) in [6, 6.07) is 26.0. The molecular weight excluding hydrogens is 390 g/mol. The molecule has 0 spiro atoms. The maximum absolute atomic E-state index is 12.5. The second-order valence-corrected chi connectivity index (χ2v) is 7.98. The van der Waals surface area contributed by atoms with Gasteiger partial charge in [-0.2, -0.15) is 0 Å². The highest BCUT2D eigenvalue weighted by Gasteiger charge is 2.13. The van der Waals surface area contributed by atoms with Gasteiger partial charge >= 0.3 is 0 Å². The van der Waals surface area contributed by atoms with Gasteiger partial charge < -0.3 is 5.32 Å². The molecule has 5 heteroatoms. The van der Waals surface area contributed by atoms with Crippen LogP contribution in [0.3, 0.4) is 0 Å². The molecular formula is C25H23N3OS. The lowest BCUT2D eigenvalue weighted by Crippen LogP contribution is -2.14. The van der Waals surface area contributed by atoms with Crippen LogP contribution in [0.25, 0.3) is 11.0 Å². The number of nitrogens with zero attached hydrogens (tertiary/aromatic N) is 2. The standard InChI is InChI=1S/C25H23N3OS/c1-2-18-12-14-20(15-13-18)26-24(29)17-30-25-23(16-19-8-4-3-5-9-19)27-21-10-6-7-11-22(21)28-25/h3-15H,2,16-17H2,1H3,(H,26,29). The van der Waals surface area contributed by atoms with Gasteiger partial charge in [0.25, 0.3) is 0 Å². The highest BCUT2D eigenvalue weighted by atomic mass is 32.2. The third kappa shape index (κ3) is 5.05. The molecule has 0 fully saturated rings. The highest BCUT2D eigenvalue weighted by molar-refractivity contribution is 8.00. The Morgan fingerprint density at radius 1 is 0.833 bits per heavy atom. The number of para-hydroxylation sites is 2. The van der Waals surface area contributed by atoms with Gasteiger partial charge in [-0.3, -0.25) is 4.79 Å². The summed E-state index contributed by atoms with van der Waals surface area (Å²) in [5, 5.41) is 3.76. The topological polar surface area (TPSA) is 54.9 Å².